The van der Waals surface area contributed by atoms with E-state index in [1.165, 1.54) is 5.56 Å². The number of hydrogen-bond donors (Lipinski definition) is 0. The highest BCUT2D eigenvalue weighted by molar-refractivity contribution is 9.10. The Kier molecular flexibility index (Phi) is 4.38. The Bertz CT molecular complexity index is 605. The van der Waals surface area contributed by atoms with Gasteiger partial charge in [0.15, 0.2) is 5.78 Å². The molecule has 0 heterocycles. The maximum atomic E-state index is 11.6. The van der Waals surface area contributed by atoms with Crippen molar-refractivity contribution < 1.29 is 9.53 Å². The number of ketones is 1. The average molecular weight is 319 g/mol. The number of aryl methyl sites for hydroxylation is 1. The van der Waals surface area contributed by atoms with E-state index in [-0.39, 0.29) is 5.78 Å². The highest BCUT2D eigenvalue weighted by Crippen LogP contribution is 2.24. The van der Waals surface area contributed by atoms with E-state index in [2.05, 4.69) is 22.0 Å². The van der Waals surface area contributed by atoms with Gasteiger partial charge in [-0.15, -0.1) is 0 Å². The summed E-state index contributed by atoms with van der Waals surface area (Å²) in [6.07, 6.45) is 0. The van der Waals surface area contributed by atoms with Crippen LogP contribution in [0, 0.1) is 6.92 Å². The Labute approximate surface area is 121 Å². The van der Waals surface area contributed by atoms with Gasteiger partial charge in [-0.3, -0.25) is 4.79 Å². The lowest BCUT2D eigenvalue weighted by molar-refractivity contribution is 0.101. The van der Waals surface area contributed by atoms with Crippen molar-refractivity contribution in [1.82, 2.24) is 0 Å². The first kappa shape index (κ1) is 13.8. The van der Waals surface area contributed by atoms with Gasteiger partial charge in [-0.2, -0.15) is 0 Å². The van der Waals surface area contributed by atoms with Crippen molar-refractivity contribution >= 4 is 21.7 Å². The third-order valence-corrected chi connectivity index (χ3v) is 3.29. The quantitative estimate of drug-likeness (QED) is 0.774. The van der Waals surface area contributed by atoms with E-state index in [0.717, 1.165) is 10.0 Å². The van der Waals surface area contributed by atoms with Crippen LogP contribution in [0.1, 0.15) is 28.4 Å². The minimum Gasteiger partial charge on any atom is -0.488 e. The van der Waals surface area contributed by atoms with Crippen LogP contribution in [-0.4, -0.2) is 5.78 Å². The number of benzene rings is 2. The Hall–Kier alpha value is -1.61. The predicted molar refractivity (Wildman–Crippen MR) is 79.7 cm³/mol. The van der Waals surface area contributed by atoms with Crippen molar-refractivity contribution in [1.29, 1.82) is 0 Å². The summed E-state index contributed by atoms with van der Waals surface area (Å²) in [6.45, 7) is 4.05. The van der Waals surface area contributed by atoms with Crippen molar-refractivity contribution in [2.75, 3.05) is 0 Å². The molecule has 2 aromatic carbocycles. The maximum absolute atomic E-state index is 11.6. The molecule has 0 aromatic heterocycles. The van der Waals surface area contributed by atoms with Crippen molar-refractivity contribution in [2.24, 2.45) is 0 Å². The maximum Gasteiger partial charge on any atom is 0.163 e. The van der Waals surface area contributed by atoms with Gasteiger partial charge in [0.1, 0.15) is 12.4 Å². The minimum absolute atomic E-state index is 0.000502. The van der Waals surface area contributed by atoms with E-state index in [0.29, 0.717) is 17.9 Å². The second kappa shape index (κ2) is 6.02. The molecule has 98 valence electrons. The number of ether oxygens (including phenoxy) is 1. The molecule has 0 saturated carbocycles. The molecule has 2 rings (SSSR count). The Morgan fingerprint density at radius 2 is 2.00 bits per heavy atom. The first-order chi connectivity index (χ1) is 9.06. The van der Waals surface area contributed by atoms with E-state index in [9.17, 15) is 4.79 Å². The van der Waals surface area contributed by atoms with Gasteiger partial charge in [-0.1, -0.05) is 45.8 Å². The van der Waals surface area contributed by atoms with E-state index in [4.69, 9.17) is 4.74 Å². The summed E-state index contributed by atoms with van der Waals surface area (Å²) >= 11 is 3.36. The minimum atomic E-state index is 0.000502. The lowest BCUT2D eigenvalue weighted by Gasteiger charge is -2.10. The zero-order chi connectivity index (χ0) is 13.8. The van der Waals surface area contributed by atoms with E-state index in [1.807, 2.05) is 37.3 Å². The lowest BCUT2D eigenvalue weighted by Crippen LogP contribution is -2.01. The van der Waals surface area contributed by atoms with Gasteiger partial charge in [0.25, 0.3) is 0 Å². The fraction of sp³-hybridized carbons (Fsp3) is 0.188. The monoisotopic (exact) mass is 318 g/mol. The van der Waals surface area contributed by atoms with E-state index >= 15 is 0 Å². The zero-order valence-corrected chi connectivity index (χ0v) is 12.5. The van der Waals surface area contributed by atoms with Gasteiger partial charge >= 0.3 is 0 Å². The SMILES string of the molecule is CC(=O)c1cc(Br)ccc1OCc1cccc(C)c1. The molecule has 2 aromatic rings. The molecule has 3 heteroatoms. The number of Topliss-reactive ketones (excluding diaryl/α,β-unsaturated/α-hetero) is 1. The molecule has 19 heavy (non-hydrogen) atoms. The van der Waals surface area contributed by atoms with Crippen molar-refractivity contribution in [2.45, 2.75) is 20.5 Å². The van der Waals surface area contributed by atoms with E-state index < -0.39 is 0 Å². The van der Waals surface area contributed by atoms with Crippen LogP contribution in [0.3, 0.4) is 0 Å². The van der Waals surface area contributed by atoms with Gasteiger partial charge in [0.05, 0.1) is 5.56 Å². The standard InChI is InChI=1S/C16H15BrO2/c1-11-4-3-5-13(8-11)10-19-16-7-6-14(17)9-15(16)12(2)18/h3-9H,10H2,1-2H3. The highest BCUT2D eigenvalue weighted by atomic mass is 79.9. The van der Waals surface area contributed by atoms with Gasteiger partial charge in [0.2, 0.25) is 0 Å². The molecule has 0 aliphatic carbocycles. The van der Waals surface area contributed by atoms with Gasteiger partial charge in [-0.05, 0) is 37.6 Å². The molecular weight excluding hydrogens is 304 g/mol. The first-order valence-corrected chi connectivity index (χ1v) is 6.84. The molecule has 0 radical (unpaired) electrons. The van der Waals surface area contributed by atoms with Gasteiger partial charge in [-0.25, -0.2) is 0 Å². The van der Waals surface area contributed by atoms with Crippen LogP contribution in [0.4, 0.5) is 0 Å². The molecule has 0 atom stereocenters. The number of hydrogen-bond acceptors (Lipinski definition) is 2. The number of carbonyl (C=O) groups excluding carboxylic acids is 1. The second-order valence-corrected chi connectivity index (χ2v) is 5.39. The van der Waals surface area contributed by atoms with Crippen LogP contribution in [0.2, 0.25) is 0 Å². The molecule has 0 unspecified atom stereocenters. The van der Waals surface area contributed by atoms with Crippen molar-refractivity contribution in [3.8, 4) is 5.75 Å². The van der Waals surface area contributed by atoms with Crippen molar-refractivity contribution in [3.63, 3.8) is 0 Å². The lowest BCUT2D eigenvalue weighted by atomic mass is 10.1. The van der Waals surface area contributed by atoms with Crippen LogP contribution in [0.5, 0.6) is 5.75 Å². The van der Waals surface area contributed by atoms with Gasteiger partial charge < -0.3 is 4.74 Å². The van der Waals surface area contributed by atoms with Crippen LogP contribution in [0.15, 0.2) is 46.9 Å². The number of carbonyl (C=O) groups is 1. The van der Waals surface area contributed by atoms with Crippen LogP contribution in [0.25, 0.3) is 0 Å². The van der Waals surface area contributed by atoms with Crippen LogP contribution < -0.4 is 4.74 Å². The second-order valence-electron chi connectivity index (χ2n) is 4.47. The fourth-order valence-corrected chi connectivity index (χ4v) is 2.23. The summed E-state index contributed by atoms with van der Waals surface area (Å²) in [5, 5.41) is 0. The molecule has 0 amide bonds. The summed E-state index contributed by atoms with van der Waals surface area (Å²) in [5.41, 5.74) is 2.89. The Balaban J connectivity index is 2.17. The van der Waals surface area contributed by atoms with E-state index in [1.54, 1.807) is 13.0 Å². The Morgan fingerprint density at radius 3 is 2.68 bits per heavy atom. The zero-order valence-electron chi connectivity index (χ0n) is 10.9. The number of halogens is 1. The molecule has 0 fully saturated rings. The fourth-order valence-electron chi connectivity index (χ4n) is 1.87. The topological polar surface area (TPSA) is 26.3 Å². The summed E-state index contributed by atoms with van der Waals surface area (Å²) in [4.78, 5) is 11.6. The van der Waals surface area contributed by atoms with Gasteiger partial charge in [0, 0.05) is 4.47 Å². The molecule has 0 aliphatic heterocycles. The first-order valence-electron chi connectivity index (χ1n) is 6.05. The summed E-state index contributed by atoms with van der Waals surface area (Å²) in [6, 6.07) is 13.6. The molecule has 0 N–H and O–H groups in total. The normalized spacial score (nSPS) is 10.3. The van der Waals surface area contributed by atoms with Crippen molar-refractivity contribution in [3.05, 3.63) is 63.6 Å². The smallest absolute Gasteiger partial charge is 0.163 e. The average Bonchev–Trinajstić information content (AvgIpc) is 2.37. The molecule has 0 spiro atoms. The Morgan fingerprint density at radius 1 is 1.21 bits per heavy atom. The summed E-state index contributed by atoms with van der Waals surface area (Å²) in [7, 11) is 0. The summed E-state index contributed by atoms with van der Waals surface area (Å²) < 4.78 is 6.63. The molecule has 2 nitrogen and oxygen atoms in total. The third-order valence-electron chi connectivity index (χ3n) is 2.80. The number of rotatable bonds is 4. The predicted octanol–water partition coefficient (Wildman–Crippen LogP) is 4.54. The highest BCUT2D eigenvalue weighted by Gasteiger charge is 2.09. The van der Waals surface area contributed by atoms with Crippen LogP contribution in [-0.2, 0) is 6.61 Å². The van der Waals surface area contributed by atoms with Crippen LogP contribution >= 0.6 is 15.9 Å². The molecule has 0 aliphatic rings. The molecule has 0 bridgehead atoms. The molecular formula is C16H15BrO2. The molecule has 0 saturated heterocycles. The largest absolute Gasteiger partial charge is 0.488 e. The summed E-state index contributed by atoms with van der Waals surface area (Å²) in [5.74, 6) is 0.623. The third kappa shape index (κ3) is 3.67.